The first-order valence-corrected chi connectivity index (χ1v) is 19.7. The van der Waals surface area contributed by atoms with Crippen molar-refractivity contribution in [3.63, 3.8) is 0 Å². The van der Waals surface area contributed by atoms with Gasteiger partial charge in [0.15, 0.2) is 5.84 Å². The number of benzene rings is 8. The Balaban J connectivity index is 1.05. The Morgan fingerprint density at radius 1 is 0.431 bits per heavy atom. The molecule has 0 spiro atoms. The molecule has 2 aliphatic heterocycles. The number of hydrogen-bond donors (Lipinski definition) is 1. The summed E-state index contributed by atoms with van der Waals surface area (Å²) in [6.45, 7) is 0. The molecule has 274 valence electrons. The molecule has 58 heavy (non-hydrogen) atoms. The van der Waals surface area contributed by atoms with E-state index in [-0.39, 0.29) is 6.17 Å². The average molecular weight is 744 g/mol. The summed E-state index contributed by atoms with van der Waals surface area (Å²) in [4.78, 5) is 12.7. The first kappa shape index (κ1) is 33.6. The number of para-hydroxylation sites is 3. The van der Waals surface area contributed by atoms with Crippen molar-refractivity contribution in [2.24, 2.45) is 9.98 Å². The molecule has 0 saturated carbocycles. The lowest BCUT2D eigenvalue weighted by Crippen LogP contribution is -2.33. The number of hydrogen-bond acceptors (Lipinski definition) is 4. The van der Waals surface area contributed by atoms with E-state index in [0.29, 0.717) is 5.84 Å². The normalized spacial score (nSPS) is 14.6. The van der Waals surface area contributed by atoms with Crippen LogP contribution in [0.25, 0.3) is 50.8 Å². The number of rotatable bonds is 6. The van der Waals surface area contributed by atoms with Crippen molar-refractivity contribution in [3.8, 4) is 16.8 Å². The summed E-state index contributed by atoms with van der Waals surface area (Å²) in [5, 5.41) is 6.06. The van der Waals surface area contributed by atoms with Gasteiger partial charge in [-0.25, -0.2) is 9.98 Å². The Morgan fingerprint density at radius 2 is 1.07 bits per heavy atom. The van der Waals surface area contributed by atoms with Gasteiger partial charge in [0, 0.05) is 33.3 Å². The Labute approximate surface area is 337 Å². The molecule has 9 aromatic rings. The number of amidine groups is 2. The van der Waals surface area contributed by atoms with E-state index in [0.717, 1.165) is 62.0 Å². The van der Waals surface area contributed by atoms with E-state index >= 15 is 0 Å². The molecule has 2 aliphatic rings. The molecule has 1 aromatic heterocycles. The average Bonchev–Trinajstić information content (AvgIpc) is 3.53. The van der Waals surface area contributed by atoms with Gasteiger partial charge in [0.2, 0.25) is 0 Å². The van der Waals surface area contributed by atoms with Crippen LogP contribution in [0.1, 0.15) is 34.0 Å². The largest absolute Gasteiger partial charge is 0.344 e. The lowest BCUT2D eigenvalue weighted by Gasteiger charge is -2.28. The van der Waals surface area contributed by atoms with Gasteiger partial charge >= 0.3 is 0 Å². The molecule has 5 heteroatoms. The predicted molar refractivity (Wildman–Crippen MR) is 242 cm³/mol. The second-order valence-electron chi connectivity index (χ2n) is 14.7. The summed E-state index contributed by atoms with van der Waals surface area (Å²) in [6, 6.07) is 70.9. The van der Waals surface area contributed by atoms with Gasteiger partial charge in [-0.05, 0) is 82.4 Å². The van der Waals surface area contributed by atoms with E-state index in [2.05, 4.69) is 203 Å². The predicted octanol–water partition coefficient (Wildman–Crippen LogP) is 12.9. The zero-order valence-corrected chi connectivity index (χ0v) is 31.6. The van der Waals surface area contributed by atoms with Gasteiger partial charge in [0.05, 0.1) is 22.4 Å². The third kappa shape index (κ3) is 5.89. The molecule has 0 saturated heterocycles. The number of nitrogens with one attached hydrogen (secondary N) is 1. The van der Waals surface area contributed by atoms with Crippen LogP contribution < -0.4 is 10.2 Å². The third-order valence-corrected chi connectivity index (χ3v) is 11.2. The lowest BCUT2D eigenvalue weighted by atomic mass is 9.99. The number of nitrogens with zero attached hydrogens (tertiary/aromatic N) is 4. The van der Waals surface area contributed by atoms with Crippen molar-refractivity contribution in [3.05, 3.63) is 228 Å². The summed E-state index contributed by atoms with van der Waals surface area (Å²) < 4.78 is 2.36. The molecule has 1 unspecified atom stereocenters. The van der Waals surface area contributed by atoms with E-state index in [1.165, 1.54) is 27.4 Å². The van der Waals surface area contributed by atoms with Crippen molar-refractivity contribution >= 4 is 62.7 Å². The second kappa shape index (κ2) is 14.1. The summed E-state index contributed by atoms with van der Waals surface area (Å²) in [5.41, 5.74) is 14.4. The molecule has 11 rings (SSSR count). The minimum Gasteiger partial charge on any atom is -0.344 e. The minimum atomic E-state index is -0.280. The van der Waals surface area contributed by atoms with Crippen molar-refractivity contribution in [1.29, 1.82) is 0 Å². The van der Waals surface area contributed by atoms with Crippen molar-refractivity contribution in [2.75, 3.05) is 4.90 Å². The van der Waals surface area contributed by atoms with Gasteiger partial charge in [-0.15, -0.1) is 0 Å². The molecule has 0 bridgehead atoms. The summed E-state index contributed by atoms with van der Waals surface area (Å²) in [5.74, 6) is 1.49. The fraction of sp³-hybridized carbons (Fsp3) is 0.0189. The van der Waals surface area contributed by atoms with E-state index < -0.39 is 0 Å². The van der Waals surface area contributed by atoms with Crippen LogP contribution in [0.4, 0.5) is 17.1 Å². The van der Waals surface area contributed by atoms with Crippen LogP contribution in [0.2, 0.25) is 0 Å². The SMILES string of the molecule is C1=Cc2ccc(-c3ccc4c(c3)c3ccccc3n4-c3ccccc3)cc2N(c2cccc(C3=NC(c4ccccc4)NC(c4ccccc4)=N3)c2)c2ccccc21. The smallest absolute Gasteiger partial charge is 0.159 e. The topological polar surface area (TPSA) is 44.9 Å². The molecular formula is C53H37N5. The standard InChI is InChI=1S/C53H37N5/c1-4-16-38(17-5-1)51-54-52(39-18-6-2-7-19-39)56-53(55-51)42-20-14-23-44(33-42)58-47-25-12-10-15-36(47)27-28-37-29-30-41(35-50(37)58)40-31-32-49-46(34-40)45-24-11-13-26-48(45)57(49)43-21-8-3-9-22-43/h1-35,51H,(H,54,55,56). The highest BCUT2D eigenvalue weighted by atomic mass is 15.2. The van der Waals surface area contributed by atoms with Gasteiger partial charge in [-0.1, -0.05) is 158 Å². The van der Waals surface area contributed by atoms with Crippen LogP contribution in [-0.4, -0.2) is 16.2 Å². The molecule has 8 aromatic carbocycles. The summed E-state index contributed by atoms with van der Waals surface area (Å²) in [7, 11) is 0. The second-order valence-corrected chi connectivity index (χ2v) is 14.7. The highest BCUT2D eigenvalue weighted by Crippen LogP contribution is 2.44. The van der Waals surface area contributed by atoms with Crippen LogP contribution in [0, 0.1) is 0 Å². The maximum atomic E-state index is 5.20. The van der Waals surface area contributed by atoms with Crippen molar-refractivity contribution in [2.45, 2.75) is 6.17 Å². The van der Waals surface area contributed by atoms with Crippen molar-refractivity contribution in [1.82, 2.24) is 9.88 Å². The van der Waals surface area contributed by atoms with Gasteiger partial charge in [0.25, 0.3) is 0 Å². The molecule has 0 amide bonds. The highest BCUT2D eigenvalue weighted by molar-refractivity contribution is 6.14. The van der Waals surface area contributed by atoms with E-state index in [1.807, 2.05) is 24.3 Å². The Kier molecular flexibility index (Phi) is 8.14. The fourth-order valence-electron chi connectivity index (χ4n) is 8.40. The van der Waals surface area contributed by atoms with Crippen LogP contribution in [-0.2, 0) is 0 Å². The maximum Gasteiger partial charge on any atom is 0.159 e. The lowest BCUT2D eigenvalue weighted by molar-refractivity contribution is 0.674. The Hall–Kier alpha value is -7.76. The van der Waals surface area contributed by atoms with Gasteiger partial charge in [-0.3, -0.25) is 0 Å². The van der Waals surface area contributed by atoms with Crippen LogP contribution in [0.15, 0.2) is 210 Å². The number of aliphatic imine (C=N–C) groups is 2. The molecule has 3 heterocycles. The van der Waals surface area contributed by atoms with Gasteiger partial charge < -0.3 is 14.8 Å². The molecule has 0 fully saturated rings. The number of aromatic nitrogens is 1. The molecule has 1 atom stereocenters. The van der Waals surface area contributed by atoms with Gasteiger partial charge in [-0.2, -0.15) is 0 Å². The van der Waals surface area contributed by atoms with Crippen LogP contribution in [0.3, 0.4) is 0 Å². The van der Waals surface area contributed by atoms with E-state index in [1.54, 1.807) is 0 Å². The zero-order valence-electron chi connectivity index (χ0n) is 31.6. The first-order valence-electron chi connectivity index (χ1n) is 19.7. The number of fused-ring (bicyclic) bond motifs is 5. The summed E-state index contributed by atoms with van der Waals surface area (Å²) in [6.07, 6.45) is 4.17. The molecule has 0 radical (unpaired) electrons. The van der Waals surface area contributed by atoms with Crippen LogP contribution >= 0.6 is 0 Å². The first-order chi connectivity index (χ1) is 28.7. The molecule has 1 N–H and O–H groups in total. The molecule has 5 nitrogen and oxygen atoms in total. The van der Waals surface area contributed by atoms with Crippen molar-refractivity contribution < 1.29 is 0 Å². The van der Waals surface area contributed by atoms with E-state index in [4.69, 9.17) is 9.98 Å². The van der Waals surface area contributed by atoms with E-state index in [9.17, 15) is 0 Å². The fourth-order valence-corrected chi connectivity index (χ4v) is 8.40. The van der Waals surface area contributed by atoms with Crippen LogP contribution in [0.5, 0.6) is 0 Å². The number of anilines is 3. The molecule has 0 aliphatic carbocycles. The van der Waals surface area contributed by atoms with Gasteiger partial charge in [0.1, 0.15) is 12.0 Å². The maximum absolute atomic E-state index is 5.20. The Bertz CT molecular complexity index is 3090. The minimum absolute atomic E-state index is 0.280. The highest BCUT2D eigenvalue weighted by Gasteiger charge is 2.24. The Morgan fingerprint density at radius 3 is 1.91 bits per heavy atom. The zero-order chi connectivity index (χ0) is 38.4. The molecular weight excluding hydrogens is 707 g/mol. The summed E-state index contributed by atoms with van der Waals surface area (Å²) >= 11 is 0. The third-order valence-electron chi connectivity index (χ3n) is 11.2. The quantitative estimate of drug-likeness (QED) is 0.184. The monoisotopic (exact) mass is 743 g/mol.